The highest BCUT2D eigenvalue weighted by Crippen LogP contribution is 2.43. The van der Waals surface area contributed by atoms with Crippen molar-refractivity contribution in [3.63, 3.8) is 0 Å². The number of alkyl halides is 2. The van der Waals surface area contributed by atoms with Crippen LogP contribution < -0.4 is 10.2 Å². The number of aromatic nitrogens is 1. The summed E-state index contributed by atoms with van der Waals surface area (Å²) >= 11 is 0. The minimum absolute atomic E-state index is 0.0368. The Balaban J connectivity index is 1.86. The number of hydrogen-bond donors (Lipinski definition) is 1. The van der Waals surface area contributed by atoms with E-state index in [4.69, 9.17) is 0 Å². The van der Waals surface area contributed by atoms with Crippen molar-refractivity contribution in [3.05, 3.63) is 23.5 Å². The quantitative estimate of drug-likeness (QED) is 0.834. The highest BCUT2D eigenvalue weighted by Gasteiger charge is 2.42. The summed E-state index contributed by atoms with van der Waals surface area (Å²) in [6.07, 6.45) is 1.29. The maximum absolute atomic E-state index is 14.6. The maximum Gasteiger partial charge on any atom is 0.290 e. The van der Waals surface area contributed by atoms with Crippen molar-refractivity contribution in [1.29, 1.82) is 0 Å². The number of anilines is 1. The minimum Gasteiger partial charge on any atom is -0.312 e. The molecule has 1 atom stereocenters. The van der Waals surface area contributed by atoms with Crippen LogP contribution in [0.3, 0.4) is 0 Å². The molecule has 0 spiro atoms. The van der Waals surface area contributed by atoms with Gasteiger partial charge in [0, 0.05) is 55.8 Å². The maximum atomic E-state index is 14.6. The molecule has 1 fully saturated rings. The van der Waals surface area contributed by atoms with Gasteiger partial charge >= 0.3 is 0 Å². The van der Waals surface area contributed by atoms with Crippen LogP contribution in [0.1, 0.15) is 52.3 Å². The van der Waals surface area contributed by atoms with Crippen molar-refractivity contribution in [2.45, 2.75) is 58.4 Å². The van der Waals surface area contributed by atoms with Crippen LogP contribution in [0.25, 0.3) is 0 Å². The zero-order valence-corrected chi connectivity index (χ0v) is 17.6. The van der Waals surface area contributed by atoms with E-state index in [9.17, 15) is 13.6 Å². The highest BCUT2D eigenvalue weighted by atomic mass is 19.3. The van der Waals surface area contributed by atoms with E-state index < -0.39 is 5.92 Å². The molecule has 7 heteroatoms. The zero-order valence-electron chi connectivity index (χ0n) is 17.6. The van der Waals surface area contributed by atoms with Gasteiger partial charge in [-0.25, -0.2) is 0 Å². The Kier molecular flexibility index (Phi) is 5.79. The number of halogens is 2. The number of fused-ring (bicyclic) bond motifs is 1. The number of nitrogens with zero attached hydrogens (tertiary/aromatic N) is 3. The molecule has 156 valence electrons. The molecule has 1 aromatic rings. The van der Waals surface area contributed by atoms with E-state index in [0.29, 0.717) is 24.8 Å². The first-order valence-electron chi connectivity index (χ1n) is 10.1. The number of piperazine rings is 1. The molecule has 1 N–H and O–H groups in total. The second-order valence-corrected chi connectivity index (χ2v) is 9.34. The number of carbonyl (C=O) groups is 1. The Labute approximate surface area is 166 Å². The Morgan fingerprint density at radius 3 is 2.79 bits per heavy atom. The Morgan fingerprint density at radius 2 is 2.14 bits per heavy atom. The number of amides is 1. The van der Waals surface area contributed by atoms with Crippen LogP contribution in [0.15, 0.2) is 12.3 Å². The summed E-state index contributed by atoms with van der Waals surface area (Å²) < 4.78 is 29.3. The van der Waals surface area contributed by atoms with Gasteiger partial charge in [0.25, 0.3) is 5.92 Å². The lowest BCUT2D eigenvalue weighted by atomic mass is 9.88. The SMILES string of the molecule is CC(C)CC(F)(F)c1cc2c(cn1)C(C)(C)CN2C(=O)CN1CCNC(C)C1. The van der Waals surface area contributed by atoms with Crippen molar-refractivity contribution < 1.29 is 13.6 Å². The summed E-state index contributed by atoms with van der Waals surface area (Å²) in [5, 5.41) is 3.36. The van der Waals surface area contributed by atoms with E-state index in [1.807, 2.05) is 13.8 Å². The molecular weight excluding hydrogens is 362 g/mol. The molecule has 0 bridgehead atoms. The van der Waals surface area contributed by atoms with Crippen molar-refractivity contribution in [3.8, 4) is 0 Å². The van der Waals surface area contributed by atoms with E-state index >= 15 is 0 Å². The predicted molar refractivity (Wildman–Crippen MR) is 107 cm³/mol. The third-order valence-electron chi connectivity index (χ3n) is 5.61. The molecule has 1 unspecified atom stereocenters. The lowest BCUT2D eigenvalue weighted by Gasteiger charge is -2.32. The van der Waals surface area contributed by atoms with Crippen LogP contribution in [0, 0.1) is 5.92 Å². The van der Waals surface area contributed by atoms with Crippen LogP contribution in [-0.4, -0.2) is 54.6 Å². The third kappa shape index (κ3) is 4.35. The van der Waals surface area contributed by atoms with Crippen LogP contribution in [0.4, 0.5) is 14.5 Å². The van der Waals surface area contributed by atoms with E-state index in [1.54, 1.807) is 24.9 Å². The Morgan fingerprint density at radius 1 is 1.43 bits per heavy atom. The van der Waals surface area contributed by atoms with Gasteiger partial charge in [-0.3, -0.25) is 14.7 Å². The van der Waals surface area contributed by atoms with Crippen LogP contribution in [-0.2, 0) is 16.1 Å². The fourth-order valence-corrected chi connectivity index (χ4v) is 4.23. The second kappa shape index (κ2) is 7.67. The molecule has 3 rings (SSSR count). The van der Waals surface area contributed by atoms with Gasteiger partial charge in [-0.15, -0.1) is 0 Å². The average Bonchev–Trinajstić information content (AvgIpc) is 2.85. The first kappa shape index (κ1) is 21.1. The third-order valence-corrected chi connectivity index (χ3v) is 5.61. The summed E-state index contributed by atoms with van der Waals surface area (Å²) in [4.78, 5) is 21.0. The second-order valence-electron chi connectivity index (χ2n) is 9.34. The van der Waals surface area contributed by atoms with E-state index in [-0.39, 0.29) is 29.4 Å². The van der Waals surface area contributed by atoms with E-state index in [2.05, 4.69) is 22.1 Å². The van der Waals surface area contributed by atoms with Crippen LogP contribution >= 0.6 is 0 Å². The Bertz CT molecular complexity index is 735. The van der Waals surface area contributed by atoms with Gasteiger partial charge < -0.3 is 10.2 Å². The molecule has 1 amide bonds. The molecule has 3 heterocycles. The van der Waals surface area contributed by atoms with E-state index in [1.165, 1.54) is 6.07 Å². The van der Waals surface area contributed by atoms with Crippen LogP contribution in [0.2, 0.25) is 0 Å². The number of rotatable bonds is 5. The fraction of sp³-hybridized carbons (Fsp3) is 0.714. The molecule has 1 aromatic heterocycles. The summed E-state index contributed by atoms with van der Waals surface area (Å²) in [6.45, 7) is 13.0. The first-order chi connectivity index (χ1) is 13.0. The average molecular weight is 395 g/mol. The topological polar surface area (TPSA) is 48.5 Å². The summed E-state index contributed by atoms with van der Waals surface area (Å²) in [5.41, 5.74) is 0.900. The standard InChI is InChI=1S/C21H32F2N4O/c1-14(2)9-21(22,23)18-8-17-16(10-25-18)20(4,5)13-27(17)19(28)12-26-7-6-24-15(3)11-26/h8,10,14-15,24H,6-7,9,11-13H2,1-5H3. The van der Waals surface area contributed by atoms with Gasteiger partial charge in [0.05, 0.1) is 12.2 Å². The van der Waals surface area contributed by atoms with Crippen molar-refractivity contribution in [2.24, 2.45) is 5.92 Å². The minimum atomic E-state index is -3.00. The molecule has 5 nitrogen and oxygen atoms in total. The van der Waals surface area contributed by atoms with Gasteiger partial charge in [0.2, 0.25) is 5.91 Å². The lowest BCUT2D eigenvalue weighted by molar-refractivity contribution is -0.120. The largest absolute Gasteiger partial charge is 0.312 e. The number of carbonyl (C=O) groups excluding carboxylic acids is 1. The van der Waals surface area contributed by atoms with E-state index in [0.717, 1.165) is 25.2 Å². The zero-order chi connectivity index (χ0) is 20.7. The van der Waals surface area contributed by atoms with Gasteiger partial charge in [0.15, 0.2) is 0 Å². The molecule has 1 saturated heterocycles. The summed E-state index contributed by atoms with van der Waals surface area (Å²) in [6, 6.07) is 1.78. The van der Waals surface area contributed by atoms with Gasteiger partial charge in [-0.1, -0.05) is 27.7 Å². The smallest absolute Gasteiger partial charge is 0.290 e. The molecule has 2 aliphatic heterocycles. The molecule has 2 aliphatic rings. The number of pyridine rings is 1. The number of nitrogens with one attached hydrogen (secondary N) is 1. The molecular formula is C21H32F2N4O. The van der Waals surface area contributed by atoms with Gasteiger partial charge in [-0.05, 0) is 18.9 Å². The van der Waals surface area contributed by atoms with Gasteiger partial charge in [-0.2, -0.15) is 8.78 Å². The molecule has 0 aromatic carbocycles. The predicted octanol–water partition coefficient (Wildman–Crippen LogP) is 3.14. The molecule has 0 saturated carbocycles. The number of hydrogen-bond acceptors (Lipinski definition) is 4. The van der Waals surface area contributed by atoms with Gasteiger partial charge in [0.1, 0.15) is 5.69 Å². The fourth-order valence-electron chi connectivity index (χ4n) is 4.23. The normalized spacial score (nSPS) is 22.6. The lowest BCUT2D eigenvalue weighted by Crippen LogP contribution is -2.52. The van der Waals surface area contributed by atoms with Crippen LogP contribution in [0.5, 0.6) is 0 Å². The first-order valence-corrected chi connectivity index (χ1v) is 10.1. The van der Waals surface area contributed by atoms with Crippen molar-refractivity contribution in [2.75, 3.05) is 37.6 Å². The Hall–Kier alpha value is -1.60. The molecule has 0 aliphatic carbocycles. The summed E-state index contributed by atoms with van der Waals surface area (Å²) in [5.74, 6) is -3.18. The highest BCUT2D eigenvalue weighted by molar-refractivity contribution is 5.97. The molecule has 28 heavy (non-hydrogen) atoms. The van der Waals surface area contributed by atoms with Crippen molar-refractivity contribution >= 4 is 11.6 Å². The summed E-state index contributed by atoms with van der Waals surface area (Å²) in [7, 11) is 0. The molecule has 0 radical (unpaired) electrons. The monoisotopic (exact) mass is 394 g/mol. The van der Waals surface area contributed by atoms with Crippen molar-refractivity contribution in [1.82, 2.24) is 15.2 Å².